The van der Waals surface area contributed by atoms with Gasteiger partial charge < -0.3 is 10.1 Å². The Morgan fingerprint density at radius 2 is 1.79 bits per heavy atom. The number of amides is 1. The molecule has 0 aliphatic heterocycles. The van der Waals surface area contributed by atoms with E-state index in [4.69, 9.17) is 0 Å². The number of carbonyl (C=O) groups excluding carboxylic acids is 2. The molecule has 1 aromatic carbocycles. The molecule has 0 fully saturated rings. The Bertz CT molecular complexity index is 491. The van der Waals surface area contributed by atoms with Crippen molar-refractivity contribution in [1.82, 2.24) is 5.32 Å². The lowest BCUT2D eigenvalue weighted by Gasteiger charge is -2.17. The van der Waals surface area contributed by atoms with Crippen LogP contribution < -0.4 is 5.32 Å². The van der Waals surface area contributed by atoms with Gasteiger partial charge in [-0.2, -0.15) is 8.78 Å². The monoisotopic (exact) mass is 269 g/mol. The Balaban J connectivity index is 2.01. The largest absolute Gasteiger partial charge is 0.464 e. The standard InChI is InChI=1S/C13H13F2NO3/c1-19-12(18)13(14,15)11(17)16-10-6-8-4-2-3-5-9(8)7-10/h2-5,10H,6-7H2,1H3,(H,16,17). The first-order valence-corrected chi connectivity index (χ1v) is 5.79. The highest BCUT2D eigenvalue weighted by molar-refractivity contribution is 6.04. The maximum atomic E-state index is 13.3. The number of rotatable bonds is 3. The van der Waals surface area contributed by atoms with Crippen LogP contribution >= 0.6 is 0 Å². The molecule has 1 N–H and O–H groups in total. The minimum absolute atomic E-state index is 0.416. The summed E-state index contributed by atoms with van der Waals surface area (Å²) in [6.07, 6.45) is 0.971. The minimum atomic E-state index is -4.15. The third kappa shape index (κ3) is 2.57. The fraction of sp³-hybridized carbons (Fsp3) is 0.385. The summed E-state index contributed by atoms with van der Waals surface area (Å²) in [7, 11) is 0.814. The van der Waals surface area contributed by atoms with Crippen LogP contribution in [-0.4, -0.2) is 31.0 Å². The van der Waals surface area contributed by atoms with E-state index in [9.17, 15) is 18.4 Å². The van der Waals surface area contributed by atoms with Crippen LogP contribution in [0, 0.1) is 0 Å². The van der Waals surface area contributed by atoms with E-state index < -0.39 is 23.8 Å². The van der Waals surface area contributed by atoms with Gasteiger partial charge in [0.05, 0.1) is 7.11 Å². The van der Waals surface area contributed by atoms with Gasteiger partial charge >= 0.3 is 17.8 Å². The topological polar surface area (TPSA) is 55.4 Å². The van der Waals surface area contributed by atoms with E-state index >= 15 is 0 Å². The van der Waals surface area contributed by atoms with Gasteiger partial charge in [-0.1, -0.05) is 24.3 Å². The molecule has 4 nitrogen and oxygen atoms in total. The number of alkyl halides is 2. The zero-order valence-corrected chi connectivity index (χ0v) is 10.3. The highest BCUT2D eigenvalue weighted by Crippen LogP contribution is 2.23. The Labute approximate surface area is 108 Å². The van der Waals surface area contributed by atoms with Crippen molar-refractivity contribution < 1.29 is 23.1 Å². The number of esters is 1. The summed E-state index contributed by atoms with van der Waals surface area (Å²) in [5, 5.41) is 2.19. The fourth-order valence-electron chi connectivity index (χ4n) is 2.16. The van der Waals surface area contributed by atoms with Crippen molar-refractivity contribution in [3.8, 4) is 0 Å². The first kappa shape index (κ1) is 13.5. The molecular weight excluding hydrogens is 256 g/mol. The van der Waals surface area contributed by atoms with Crippen LogP contribution in [0.4, 0.5) is 8.78 Å². The van der Waals surface area contributed by atoms with Crippen molar-refractivity contribution in [3.05, 3.63) is 35.4 Å². The summed E-state index contributed by atoms with van der Waals surface area (Å²) in [6, 6.07) is 7.07. The van der Waals surface area contributed by atoms with Crippen molar-refractivity contribution in [2.24, 2.45) is 0 Å². The van der Waals surface area contributed by atoms with E-state index in [-0.39, 0.29) is 0 Å². The second-order valence-corrected chi connectivity index (χ2v) is 4.41. The number of hydrogen-bond donors (Lipinski definition) is 1. The summed E-state index contributed by atoms with van der Waals surface area (Å²) in [5.41, 5.74) is 2.04. The molecule has 0 spiro atoms. The molecular formula is C13H13F2NO3. The first-order valence-electron chi connectivity index (χ1n) is 5.79. The predicted octanol–water partition coefficient (Wildman–Crippen LogP) is 1.08. The summed E-state index contributed by atoms with van der Waals surface area (Å²) < 4.78 is 30.5. The van der Waals surface area contributed by atoms with Crippen LogP contribution in [-0.2, 0) is 27.2 Å². The van der Waals surface area contributed by atoms with Gasteiger partial charge in [0, 0.05) is 6.04 Å². The highest BCUT2D eigenvalue weighted by atomic mass is 19.3. The fourth-order valence-corrected chi connectivity index (χ4v) is 2.16. The normalized spacial score (nSPS) is 14.9. The van der Waals surface area contributed by atoms with Crippen LogP contribution in [0.1, 0.15) is 11.1 Å². The molecule has 0 bridgehead atoms. The number of methoxy groups -OCH3 is 1. The van der Waals surface area contributed by atoms with Crippen molar-refractivity contribution in [3.63, 3.8) is 0 Å². The number of nitrogens with one attached hydrogen (secondary N) is 1. The number of fused-ring (bicyclic) bond motifs is 1. The summed E-state index contributed by atoms with van der Waals surface area (Å²) in [4.78, 5) is 22.2. The van der Waals surface area contributed by atoms with E-state index in [0.29, 0.717) is 12.8 Å². The van der Waals surface area contributed by atoms with Gasteiger partial charge in [0.1, 0.15) is 0 Å². The van der Waals surface area contributed by atoms with Gasteiger partial charge in [-0.15, -0.1) is 0 Å². The molecule has 1 amide bonds. The third-order valence-corrected chi connectivity index (χ3v) is 3.11. The Hall–Kier alpha value is -1.98. The van der Waals surface area contributed by atoms with Gasteiger partial charge in [-0.05, 0) is 24.0 Å². The molecule has 0 atom stereocenters. The van der Waals surface area contributed by atoms with E-state index in [2.05, 4.69) is 10.1 Å². The van der Waals surface area contributed by atoms with E-state index in [1.54, 1.807) is 0 Å². The third-order valence-electron chi connectivity index (χ3n) is 3.11. The van der Waals surface area contributed by atoms with E-state index in [1.807, 2.05) is 24.3 Å². The molecule has 2 rings (SSSR count). The predicted molar refractivity (Wildman–Crippen MR) is 62.7 cm³/mol. The zero-order valence-electron chi connectivity index (χ0n) is 10.3. The second kappa shape index (κ2) is 4.95. The Morgan fingerprint density at radius 1 is 1.26 bits per heavy atom. The molecule has 0 unspecified atom stereocenters. The van der Waals surface area contributed by atoms with Gasteiger partial charge in [0.15, 0.2) is 0 Å². The molecule has 0 heterocycles. The average molecular weight is 269 g/mol. The molecule has 102 valence electrons. The Kier molecular flexibility index (Phi) is 3.50. The minimum Gasteiger partial charge on any atom is -0.464 e. The van der Waals surface area contributed by atoms with Crippen molar-refractivity contribution in [2.45, 2.75) is 24.8 Å². The molecule has 0 saturated carbocycles. The van der Waals surface area contributed by atoms with Crippen LogP contribution in [0.3, 0.4) is 0 Å². The smallest absolute Gasteiger partial charge is 0.418 e. The van der Waals surface area contributed by atoms with Gasteiger partial charge in [0.2, 0.25) is 0 Å². The zero-order chi connectivity index (χ0) is 14.0. The number of hydrogen-bond acceptors (Lipinski definition) is 3. The van der Waals surface area contributed by atoms with Crippen molar-refractivity contribution >= 4 is 11.9 Å². The van der Waals surface area contributed by atoms with Crippen LogP contribution in [0.15, 0.2) is 24.3 Å². The number of ether oxygens (including phenoxy) is 1. The van der Waals surface area contributed by atoms with Crippen LogP contribution in [0.5, 0.6) is 0 Å². The molecule has 6 heteroatoms. The molecule has 19 heavy (non-hydrogen) atoms. The molecule has 1 aromatic rings. The lowest BCUT2D eigenvalue weighted by Crippen LogP contribution is -2.50. The summed E-state index contributed by atoms with van der Waals surface area (Å²) in [5.74, 6) is -7.61. The molecule has 0 saturated heterocycles. The first-order chi connectivity index (χ1) is 8.95. The molecule has 0 radical (unpaired) electrons. The van der Waals surface area contributed by atoms with Crippen LogP contribution in [0.25, 0.3) is 0 Å². The van der Waals surface area contributed by atoms with Gasteiger partial charge in [0.25, 0.3) is 0 Å². The maximum absolute atomic E-state index is 13.3. The summed E-state index contributed by atoms with van der Waals surface area (Å²) >= 11 is 0. The van der Waals surface area contributed by atoms with Gasteiger partial charge in [-0.3, -0.25) is 4.79 Å². The molecule has 0 aromatic heterocycles. The SMILES string of the molecule is COC(=O)C(F)(F)C(=O)NC1Cc2ccccc2C1. The molecule has 1 aliphatic carbocycles. The number of carbonyl (C=O) groups is 2. The molecule has 1 aliphatic rings. The van der Waals surface area contributed by atoms with E-state index in [1.165, 1.54) is 0 Å². The van der Waals surface area contributed by atoms with Crippen molar-refractivity contribution in [1.29, 1.82) is 0 Å². The Morgan fingerprint density at radius 3 is 2.26 bits per heavy atom. The van der Waals surface area contributed by atoms with Crippen LogP contribution in [0.2, 0.25) is 0 Å². The van der Waals surface area contributed by atoms with Gasteiger partial charge in [-0.25, -0.2) is 4.79 Å². The maximum Gasteiger partial charge on any atom is 0.418 e. The van der Waals surface area contributed by atoms with Crippen molar-refractivity contribution in [2.75, 3.05) is 7.11 Å². The lowest BCUT2D eigenvalue weighted by molar-refractivity contribution is -0.175. The summed E-state index contributed by atoms with van der Waals surface area (Å²) in [6.45, 7) is 0. The number of benzene rings is 1. The average Bonchev–Trinajstić information content (AvgIpc) is 2.79. The second-order valence-electron chi connectivity index (χ2n) is 4.41. The van der Waals surface area contributed by atoms with E-state index in [0.717, 1.165) is 18.2 Å². The number of halogens is 2. The highest BCUT2D eigenvalue weighted by Gasteiger charge is 2.49. The lowest BCUT2D eigenvalue weighted by atomic mass is 10.1. The quantitative estimate of drug-likeness (QED) is 0.660.